The van der Waals surface area contributed by atoms with E-state index in [1.165, 1.54) is 18.2 Å². The summed E-state index contributed by atoms with van der Waals surface area (Å²) in [4.78, 5) is 118. The zero-order chi connectivity index (χ0) is 52.7. The fourth-order valence-electron chi connectivity index (χ4n) is 11.3. The zero-order valence-corrected chi connectivity index (χ0v) is 43.8. The van der Waals surface area contributed by atoms with E-state index in [2.05, 4.69) is 16.0 Å². The molecule has 8 rings (SSSR count). The maximum absolute atomic E-state index is 15.2. The third-order valence-electron chi connectivity index (χ3n) is 14.9. The van der Waals surface area contributed by atoms with Gasteiger partial charge in [0.15, 0.2) is 0 Å². The van der Waals surface area contributed by atoms with E-state index in [0.717, 1.165) is 21.4 Å². The summed E-state index contributed by atoms with van der Waals surface area (Å²) in [7, 11) is -4.98. The molecule has 7 amide bonds. The van der Waals surface area contributed by atoms with Crippen molar-refractivity contribution >= 4 is 111 Å². The number of phosphoric acid groups is 1. The molecule has 5 N–H and O–H groups in total. The van der Waals surface area contributed by atoms with Crippen molar-refractivity contribution in [3.63, 3.8) is 0 Å². The molecule has 4 aromatic rings. The van der Waals surface area contributed by atoms with Gasteiger partial charge in [0.05, 0.1) is 16.8 Å². The van der Waals surface area contributed by atoms with Crippen LogP contribution in [0.1, 0.15) is 103 Å². The monoisotopic (exact) mass is 1060 g/mol. The van der Waals surface area contributed by atoms with Gasteiger partial charge in [-0.25, -0.2) is 4.57 Å². The van der Waals surface area contributed by atoms with E-state index in [0.29, 0.717) is 58.9 Å². The molecule has 17 nitrogen and oxygen atoms in total. The number of carbonyl (C=O) groups is 7. The molecule has 1 saturated carbocycles. The van der Waals surface area contributed by atoms with Gasteiger partial charge in [0.2, 0.25) is 29.5 Å². The van der Waals surface area contributed by atoms with Gasteiger partial charge in [-0.1, -0.05) is 82.6 Å². The summed E-state index contributed by atoms with van der Waals surface area (Å²) in [5, 5.41) is 11.2. The number of nitrogens with one attached hydrogen (secondary N) is 3. The molecule has 4 aromatic carbocycles. The number of imide groups is 1. The number of nitrogens with zero attached hydrogens (tertiary/aromatic N) is 3. The van der Waals surface area contributed by atoms with Crippen LogP contribution in [0.15, 0.2) is 72.8 Å². The van der Waals surface area contributed by atoms with E-state index in [1.807, 2.05) is 44.2 Å². The lowest BCUT2D eigenvalue weighted by Gasteiger charge is -2.54. The number of benzene rings is 4. The van der Waals surface area contributed by atoms with Crippen molar-refractivity contribution in [1.82, 2.24) is 15.5 Å². The Balaban J connectivity index is 0.969. The van der Waals surface area contributed by atoms with E-state index < -0.39 is 42.6 Å². The van der Waals surface area contributed by atoms with E-state index in [-0.39, 0.29) is 104 Å². The largest absolute Gasteiger partial charge is 0.524 e. The molecular weight excluding hydrogens is 998 g/mol. The van der Waals surface area contributed by atoms with Gasteiger partial charge in [-0.15, -0.1) is 23.2 Å². The van der Waals surface area contributed by atoms with Crippen LogP contribution >= 0.6 is 31.0 Å². The first-order valence-corrected chi connectivity index (χ1v) is 27.3. The predicted octanol–water partition coefficient (Wildman–Crippen LogP) is 7.77. The normalized spacial score (nSPS) is 22.1. The molecule has 0 spiro atoms. The number of rotatable bonds is 19. The average Bonchev–Trinajstić information content (AvgIpc) is 4.02. The summed E-state index contributed by atoms with van der Waals surface area (Å²) in [6.45, 7) is 9.63. The minimum atomic E-state index is -4.98. The van der Waals surface area contributed by atoms with Crippen LogP contribution in [0.5, 0.6) is 5.75 Å². The molecule has 1 aliphatic carbocycles. The zero-order valence-electron chi connectivity index (χ0n) is 41.4. The minimum Gasteiger partial charge on any atom is -0.404 e. The number of halogens is 2. The van der Waals surface area contributed by atoms with Crippen LogP contribution in [0.25, 0.3) is 21.5 Å². The first-order valence-electron chi connectivity index (χ1n) is 24.7. The second kappa shape index (κ2) is 21.2. The maximum atomic E-state index is 15.2. The summed E-state index contributed by atoms with van der Waals surface area (Å²) in [6, 6.07) is 15.8. The fraction of sp³-hybridized carbons (Fsp3) is 0.453. The quantitative estimate of drug-likeness (QED) is 0.0264. The van der Waals surface area contributed by atoms with Gasteiger partial charge in [0.1, 0.15) is 17.8 Å². The Kier molecular flexibility index (Phi) is 15.5. The number of unbranched alkanes of at least 4 members (excludes halogenated alkanes) is 2. The van der Waals surface area contributed by atoms with E-state index in [9.17, 15) is 43.1 Å². The second-order valence-corrected chi connectivity index (χ2v) is 22.2. The molecule has 20 heteroatoms. The molecule has 1 unspecified atom stereocenters. The van der Waals surface area contributed by atoms with Crippen LogP contribution in [-0.2, 0) is 38.1 Å². The van der Waals surface area contributed by atoms with Crippen LogP contribution in [0.4, 0.5) is 17.1 Å². The SMILES string of the molecule is CCC1(C(=O)N2C[C@@H](CCl)c3c2cc(NC(=O)[C@H](C)NC(=O)[C@@H](NC(=O)CCCCCN2C(=O)C=CC2=O)C(C)C)c2ccccc32)CC(C)(C(=O)N2CC(CCl)c3c2cc(OP(=O)(O)O)c2ccccc32)C1. The standard InChI is InChI=1S/C53H61Cl2N6O11P/c1-6-53(28-52(5,29-53)50(67)60-26-32(24-54)46-37-17-12-10-15-35(37)41(23-40(46)60)72-73(69,70)71)51(68)61-27-33(25-55)45-36-16-11-9-14-34(36)38(22-39(45)61)57-48(65)31(4)56-49(66)47(30(2)3)58-42(62)18-8-7-13-21-59-43(63)19-20-44(59)64/h9-12,14-17,19-20,22-23,30-33,47H,6-8,13,18,21,24-29H2,1-5H3,(H,56,66)(H,57,65)(H,58,62)(H2,69,70,71)/t31-,32?,33+,47-,52?,53?/m0/s1. The van der Waals surface area contributed by atoms with Crippen LogP contribution in [-0.4, -0.2) is 99.5 Å². The van der Waals surface area contributed by atoms with E-state index >= 15 is 4.79 Å². The Hall–Kier alpha value is -5.84. The molecular formula is C53H61Cl2N6O11P. The number of hydrogen-bond acceptors (Lipinski definition) is 9. The van der Waals surface area contributed by atoms with Crippen LogP contribution in [0.2, 0.25) is 0 Å². The molecule has 1 fully saturated rings. The van der Waals surface area contributed by atoms with Gasteiger partial charge >= 0.3 is 7.82 Å². The Morgan fingerprint density at radius 2 is 1.32 bits per heavy atom. The van der Waals surface area contributed by atoms with Crippen LogP contribution in [0, 0.1) is 16.7 Å². The molecule has 73 heavy (non-hydrogen) atoms. The van der Waals surface area contributed by atoms with Crippen molar-refractivity contribution in [1.29, 1.82) is 0 Å². The average molecular weight is 1060 g/mol. The summed E-state index contributed by atoms with van der Waals surface area (Å²) < 4.78 is 17.2. The Labute approximate surface area is 433 Å². The molecule has 3 aliphatic heterocycles. The molecule has 0 saturated heterocycles. The Bertz CT molecular complexity index is 2970. The van der Waals surface area contributed by atoms with Crippen molar-refractivity contribution in [2.45, 2.75) is 103 Å². The first kappa shape index (κ1) is 53.5. The summed E-state index contributed by atoms with van der Waals surface area (Å²) in [5.41, 5.74) is 1.14. The molecule has 388 valence electrons. The van der Waals surface area contributed by atoms with Crippen molar-refractivity contribution in [2.75, 3.05) is 46.5 Å². The summed E-state index contributed by atoms with van der Waals surface area (Å²) >= 11 is 13.2. The molecule has 0 aromatic heterocycles. The lowest BCUT2D eigenvalue weighted by Crippen LogP contribution is -2.60. The third kappa shape index (κ3) is 10.5. The second-order valence-electron chi connectivity index (χ2n) is 20.4. The van der Waals surface area contributed by atoms with Crippen molar-refractivity contribution in [3.8, 4) is 5.75 Å². The highest BCUT2D eigenvalue weighted by Gasteiger charge is 2.62. The highest BCUT2D eigenvalue weighted by Crippen LogP contribution is 2.61. The molecule has 3 heterocycles. The third-order valence-corrected chi connectivity index (χ3v) is 16.1. The van der Waals surface area contributed by atoms with Crippen LogP contribution in [0.3, 0.4) is 0 Å². The molecule has 0 bridgehead atoms. The van der Waals surface area contributed by atoms with Crippen molar-refractivity contribution in [3.05, 3.63) is 83.9 Å². The van der Waals surface area contributed by atoms with Crippen molar-refractivity contribution < 1.29 is 52.4 Å². The Morgan fingerprint density at radius 3 is 1.88 bits per heavy atom. The number of fused-ring (bicyclic) bond motifs is 6. The molecule has 4 atom stereocenters. The van der Waals surface area contributed by atoms with Gasteiger partial charge in [-0.3, -0.25) is 48.2 Å². The number of hydrogen-bond donors (Lipinski definition) is 5. The van der Waals surface area contributed by atoms with Crippen molar-refractivity contribution in [2.24, 2.45) is 16.7 Å². The summed E-state index contributed by atoms with van der Waals surface area (Å²) in [5.74, 6) is -3.07. The Morgan fingerprint density at radius 1 is 0.767 bits per heavy atom. The number of anilines is 3. The minimum absolute atomic E-state index is 0.0645. The van der Waals surface area contributed by atoms with Gasteiger partial charge in [0, 0.05) is 89.7 Å². The van der Waals surface area contributed by atoms with Gasteiger partial charge < -0.3 is 30.3 Å². The lowest BCUT2D eigenvalue weighted by molar-refractivity contribution is -0.153. The van der Waals surface area contributed by atoms with Gasteiger partial charge in [-0.05, 0) is 72.9 Å². The van der Waals surface area contributed by atoms with Crippen LogP contribution < -0.4 is 30.3 Å². The number of carbonyl (C=O) groups excluding carboxylic acids is 7. The molecule has 0 radical (unpaired) electrons. The van der Waals surface area contributed by atoms with E-state index in [4.69, 9.17) is 27.7 Å². The van der Waals surface area contributed by atoms with Gasteiger partial charge in [0.25, 0.3) is 11.8 Å². The first-order chi connectivity index (χ1) is 34.6. The maximum Gasteiger partial charge on any atom is 0.524 e. The highest BCUT2D eigenvalue weighted by molar-refractivity contribution is 7.46. The number of alkyl halides is 2. The lowest BCUT2D eigenvalue weighted by atomic mass is 9.51. The van der Waals surface area contributed by atoms with Gasteiger partial charge in [-0.2, -0.15) is 0 Å². The number of amides is 7. The topological polar surface area (TPSA) is 232 Å². The molecule has 4 aliphatic rings. The fourth-order valence-corrected chi connectivity index (χ4v) is 12.2. The smallest absolute Gasteiger partial charge is 0.404 e. The number of phosphoric ester groups is 1. The predicted molar refractivity (Wildman–Crippen MR) is 280 cm³/mol. The highest BCUT2D eigenvalue weighted by atomic mass is 35.5. The summed E-state index contributed by atoms with van der Waals surface area (Å²) in [6.07, 6.45) is 5.06. The van der Waals surface area contributed by atoms with E-state index in [1.54, 1.807) is 54.8 Å².